The van der Waals surface area contributed by atoms with Crippen molar-refractivity contribution in [2.24, 2.45) is 0 Å². The molecular formula is C18H19F5N4O. The van der Waals surface area contributed by atoms with Gasteiger partial charge in [0.25, 0.3) is 0 Å². The highest BCUT2D eigenvalue weighted by molar-refractivity contribution is 5.90. The summed E-state index contributed by atoms with van der Waals surface area (Å²) >= 11 is 0. The van der Waals surface area contributed by atoms with Crippen LogP contribution in [0.15, 0.2) is 12.1 Å². The molecule has 2 aliphatic rings. The summed E-state index contributed by atoms with van der Waals surface area (Å²) in [4.78, 5) is 10.1. The van der Waals surface area contributed by atoms with E-state index in [2.05, 4.69) is 15.3 Å². The summed E-state index contributed by atoms with van der Waals surface area (Å²) in [7, 11) is 1.46. The van der Waals surface area contributed by atoms with Gasteiger partial charge >= 0.3 is 12.2 Å². The number of rotatable bonds is 4. The Morgan fingerprint density at radius 1 is 1.32 bits per heavy atom. The smallest absolute Gasteiger partial charge is 0.416 e. The lowest BCUT2D eigenvalue weighted by Crippen LogP contribution is -2.43. The van der Waals surface area contributed by atoms with Crippen LogP contribution in [-0.4, -0.2) is 53.3 Å². The molecule has 0 spiro atoms. The summed E-state index contributed by atoms with van der Waals surface area (Å²) in [5.74, 6) is -1.08. The van der Waals surface area contributed by atoms with Crippen LogP contribution < -0.4 is 10.1 Å². The zero-order valence-electron chi connectivity index (χ0n) is 15.1. The molecule has 0 unspecified atom stereocenters. The molecule has 2 saturated heterocycles. The van der Waals surface area contributed by atoms with E-state index in [-0.39, 0.29) is 29.3 Å². The average Bonchev–Trinajstić information content (AvgIpc) is 3.14. The number of aromatic nitrogens is 2. The molecule has 0 saturated carbocycles. The van der Waals surface area contributed by atoms with Crippen molar-refractivity contribution in [1.82, 2.24) is 14.9 Å². The predicted molar refractivity (Wildman–Crippen MR) is 92.6 cm³/mol. The molecule has 1 aromatic carbocycles. The van der Waals surface area contributed by atoms with Crippen LogP contribution in [0.4, 0.5) is 27.8 Å². The highest BCUT2D eigenvalue weighted by Gasteiger charge is 2.49. The second-order valence-corrected chi connectivity index (χ2v) is 7.32. The summed E-state index contributed by atoms with van der Waals surface area (Å²) in [6.45, 7) is 1.29. The Labute approximate surface area is 157 Å². The number of benzene rings is 1. The Kier molecular flexibility index (Phi) is 4.56. The van der Waals surface area contributed by atoms with Crippen molar-refractivity contribution in [2.75, 3.05) is 32.1 Å². The number of nitrogens with one attached hydrogen (secondary N) is 1. The highest BCUT2D eigenvalue weighted by atomic mass is 19.4. The summed E-state index contributed by atoms with van der Waals surface area (Å²) in [5, 5.41) is 2.57. The lowest BCUT2D eigenvalue weighted by Gasteiger charge is -2.30. The predicted octanol–water partition coefficient (Wildman–Crippen LogP) is 3.78. The lowest BCUT2D eigenvalue weighted by molar-refractivity contribution is -0.137. The van der Waals surface area contributed by atoms with Gasteiger partial charge in [-0.2, -0.15) is 23.1 Å². The maximum Gasteiger partial charge on any atom is 0.416 e. The first-order valence-electron chi connectivity index (χ1n) is 9.00. The maximum atomic E-state index is 14.3. The molecule has 2 fully saturated rings. The first-order chi connectivity index (χ1) is 13.2. The van der Waals surface area contributed by atoms with E-state index >= 15 is 0 Å². The van der Waals surface area contributed by atoms with Crippen molar-refractivity contribution in [2.45, 2.75) is 37.1 Å². The fourth-order valence-corrected chi connectivity index (χ4v) is 4.24. The molecule has 2 aliphatic heterocycles. The summed E-state index contributed by atoms with van der Waals surface area (Å²) in [5.41, 5.74) is -1.82. The van der Waals surface area contributed by atoms with E-state index < -0.39 is 29.3 Å². The molecule has 2 aromatic rings. The molecule has 2 atom stereocenters. The molecular weight excluding hydrogens is 383 g/mol. The van der Waals surface area contributed by atoms with Gasteiger partial charge < -0.3 is 10.1 Å². The molecule has 0 radical (unpaired) electrons. The summed E-state index contributed by atoms with van der Waals surface area (Å²) in [6, 6.07) is 1.05. The van der Waals surface area contributed by atoms with E-state index in [9.17, 15) is 22.0 Å². The zero-order valence-corrected chi connectivity index (χ0v) is 15.1. The first kappa shape index (κ1) is 19.1. The maximum absolute atomic E-state index is 14.3. The monoisotopic (exact) mass is 402 g/mol. The minimum atomic E-state index is -4.69. The third-order valence-electron chi connectivity index (χ3n) is 5.53. The van der Waals surface area contributed by atoms with E-state index in [0.717, 1.165) is 25.5 Å². The molecule has 0 aliphatic carbocycles. The normalized spacial score (nSPS) is 25.3. The van der Waals surface area contributed by atoms with Gasteiger partial charge in [0, 0.05) is 25.4 Å². The van der Waals surface area contributed by atoms with Crippen LogP contribution in [-0.2, 0) is 6.18 Å². The van der Waals surface area contributed by atoms with Gasteiger partial charge in [-0.1, -0.05) is 0 Å². The second kappa shape index (κ2) is 6.68. The van der Waals surface area contributed by atoms with Crippen molar-refractivity contribution in [3.05, 3.63) is 23.5 Å². The quantitative estimate of drug-likeness (QED) is 0.789. The van der Waals surface area contributed by atoms with Crippen LogP contribution in [0.1, 0.15) is 24.8 Å². The van der Waals surface area contributed by atoms with Gasteiger partial charge in [-0.15, -0.1) is 0 Å². The summed E-state index contributed by atoms with van der Waals surface area (Å²) < 4.78 is 72.8. The minimum absolute atomic E-state index is 0.0283. The number of fused-ring (bicyclic) bond motifs is 2. The van der Waals surface area contributed by atoms with Crippen LogP contribution in [0.25, 0.3) is 10.9 Å². The molecule has 1 aromatic heterocycles. The number of hydrogen-bond acceptors (Lipinski definition) is 5. The highest BCUT2D eigenvalue weighted by Crippen LogP contribution is 2.40. The molecule has 10 heteroatoms. The number of hydrogen-bond donors (Lipinski definition) is 1. The third-order valence-corrected chi connectivity index (χ3v) is 5.53. The first-order valence-corrected chi connectivity index (χ1v) is 9.00. The van der Waals surface area contributed by atoms with Gasteiger partial charge in [0.2, 0.25) is 0 Å². The van der Waals surface area contributed by atoms with E-state index in [1.807, 2.05) is 4.90 Å². The molecule has 28 heavy (non-hydrogen) atoms. The van der Waals surface area contributed by atoms with E-state index in [1.54, 1.807) is 0 Å². The third kappa shape index (κ3) is 3.23. The molecule has 5 nitrogen and oxygen atoms in total. The van der Waals surface area contributed by atoms with Crippen LogP contribution in [0.3, 0.4) is 0 Å². The number of anilines is 1. The number of nitrogens with zero attached hydrogens (tertiary/aromatic N) is 3. The molecule has 4 rings (SSSR count). The van der Waals surface area contributed by atoms with E-state index in [4.69, 9.17) is 4.74 Å². The molecule has 0 bridgehead atoms. The van der Waals surface area contributed by atoms with E-state index in [0.29, 0.717) is 19.0 Å². The Morgan fingerprint density at radius 2 is 2.11 bits per heavy atom. The van der Waals surface area contributed by atoms with Crippen LogP contribution >= 0.6 is 0 Å². The Hall–Kier alpha value is -2.23. The largest absolute Gasteiger partial charge is 0.461 e. The van der Waals surface area contributed by atoms with Gasteiger partial charge in [-0.05, 0) is 31.5 Å². The van der Waals surface area contributed by atoms with Crippen molar-refractivity contribution in [3.8, 4) is 6.01 Å². The molecule has 3 heterocycles. The number of ether oxygens (including phenoxy) is 1. The van der Waals surface area contributed by atoms with Crippen molar-refractivity contribution >= 4 is 16.7 Å². The fraction of sp³-hybridized carbons (Fsp3) is 0.556. The average molecular weight is 402 g/mol. The number of halogens is 5. The molecule has 152 valence electrons. The number of alkyl halides is 4. The van der Waals surface area contributed by atoms with Gasteiger partial charge in [-0.25, -0.2) is 8.78 Å². The zero-order chi connectivity index (χ0) is 20.1. The van der Waals surface area contributed by atoms with Gasteiger partial charge in [0.05, 0.1) is 11.1 Å². The lowest BCUT2D eigenvalue weighted by atomic mass is 9.95. The molecule has 0 amide bonds. The Morgan fingerprint density at radius 3 is 2.82 bits per heavy atom. The van der Waals surface area contributed by atoms with Gasteiger partial charge in [0.15, 0.2) is 0 Å². The van der Waals surface area contributed by atoms with Crippen molar-refractivity contribution in [3.63, 3.8) is 0 Å². The van der Waals surface area contributed by atoms with Gasteiger partial charge in [-0.3, -0.25) is 4.90 Å². The van der Waals surface area contributed by atoms with Crippen LogP contribution in [0, 0.1) is 5.82 Å². The Balaban J connectivity index is 1.66. The SMILES string of the molecule is CNc1nc(OC[C@@]23CCCN2C[C@H](F)C3)nc2c(F)cc(C(F)(F)F)cc12. The Bertz CT molecular complexity index is 906. The second-order valence-electron chi connectivity index (χ2n) is 7.32. The van der Waals surface area contributed by atoms with Crippen molar-refractivity contribution < 1.29 is 26.7 Å². The van der Waals surface area contributed by atoms with E-state index in [1.165, 1.54) is 7.05 Å². The van der Waals surface area contributed by atoms with Gasteiger partial charge in [0.1, 0.15) is 29.9 Å². The topological polar surface area (TPSA) is 50.3 Å². The summed E-state index contributed by atoms with van der Waals surface area (Å²) in [6.07, 6.45) is -3.55. The standard InChI is InChI=1S/C18H19F5N4O/c1-24-15-12-5-10(18(21,22)23)6-13(20)14(12)25-16(26-15)28-9-17-3-2-4-27(17)8-11(19)7-17/h5-6,11H,2-4,7-9H2,1H3,(H,24,25,26)/t11-,17+/m1/s1. The van der Waals surface area contributed by atoms with Crippen molar-refractivity contribution in [1.29, 1.82) is 0 Å². The minimum Gasteiger partial charge on any atom is -0.461 e. The van der Waals surface area contributed by atoms with Crippen LogP contribution in [0.2, 0.25) is 0 Å². The fourth-order valence-electron chi connectivity index (χ4n) is 4.24. The van der Waals surface area contributed by atoms with Crippen LogP contribution in [0.5, 0.6) is 6.01 Å². The molecule has 1 N–H and O–H groups in total.